The van der Waals surface area contributed by atoms with Gasteiger partial charge in [-0.25, -0.2) is 12.7 Å². The molecule has 0 atom stereocenters. The Morgan fingerprint density at radius 2 is 2.05 bits per heavy atom. The number of rotatable bonds is 1. The summed E-state index contributed by atoms with van der Waals surface area (Å²) in [6.45, 7) is 1.06. The zero-order valence-corrected chi connectivity index (χ0v) is 12.1. The van der Waals surface area contributed by atoms with E-state index in [9.17, 15) is 8.42 Å². The highest BCUT2D eigenvalue weighted by molar-refractivity contribution is 7.89. The molecule has 6 heteroatoms. The minimum Gasteiger partial charge on any atom is -0.497 e. The van der Waals surface area contributed by atoms with Gasteiger partial charge in [-0.05, 0) is 31.4 Å². The summed E-state index contributed by atoms with van der Waals surface area (Å²) in [6.07, 6.45) is 2.73. The predicted molar refractivity (Wildman–Crippen MR) is 72.2 cm³/mol. The molecule has 5 nitrogen and oxygen atoms in total. The molecule has 0 amide bonds. The highest BCUT2D eigenvalue weighted by Gasteiger charge is 2.25. The van der Waals surface area contributed by atoms with Gasteiger partial charge in [0, 0.05) is 19.7 Å². The lowest BCUT2D eigenvalue weighted by molar-refractivity contribution is 0.288. The lowest BCUT2D eigenvalue weighted by Crippen LogP contribution is -2.29. The number of ether oxygens (including phenoxy) is 2. The van der Waals surface area contributed by atoms with Crippen LogP contribution in [0.1, 0.15) is 19.3 Å². The number of hydrogen-bond donors (Lipinski definition) is 0. The average Bonchev–Trinajstić information content (AvgIpc) is 2.41. The first-order chi connectivity index (χ1) is 9.05. The monoisotopic (exact) mass is 285 g/mol. The van der Waals surface area contributed by atoms with E-state index in [0.29, 0.717) is 24.7 Å². The molecule has 106 valence electrons. The summed E-state index contributed by atoms with van der Waals surface area (Å²) >= 11 is 0. The normalized spacial score (nSPS) is 20.1. The predicted octanol–water partition coefficient (Wildman–Crippen LogP) is 1.88. The molecule has 0 fully saturated rings. The van der Waals surface area contributed by atoms with Gasteiger partial charge < -0.3 is 9.47 Å². The van der Waals surface area contributed by atoms with E-state index in [0.717, 1.165) is 19.3 Å². The third kappa shape index (κ3) is 3.01. The van der Waals surface area contributed by atoms with Crippen molar-refractivity contribution in [2.75, 3.05) is 27.3 Å². The molecule has 1 aliphatic rings. The number of methoxy groups -OCH3 is 1. The second-order valence-electron chi connectivity index (χ2n) is 4.55. The Labute approximate surface area is 114 Å². The molecule has 0 aromatic heterocycles. The molecular weight excluding hydrogens is 266 g/mol. The second-order valence-corrected chi connectivity index (χ2v) is 6.56. The van der Waals surface area contributed by atoms with E-state index in [1.807, 2.05) is 0 Å². The Bertz CT molecular complexity index is 542. The molecular formula is C13H19NO4S. The van der Waals surface area contributed by atoms with Crippen molar-refractivity contribution in [3.8, 4) is 11.5 Å². The summed E-state index contributed by atoms with van der Waals surface area (Å²) in [4.78, 5) is 0.206. The number of sulfonamides is 1. The van der Waals surface area contributed by atoms with E-state index in [1.54, 1.807) is 32.4 Å². The van der Waals surface area contributed by atoms with E-state index >= 15 is 0 Å². The zero-order chi connectivity index (χ0) is 13.9. The number of hydrogen-bond acceptors (Lipinski definition) is 4. The van der Waals surface area contributed by atoms with Gasteiger partial charge in [-0.3, -0.25) is 0 Å². The first-order valence-electron chi connectivity index (χ1n) is 6.33. The average molecular weight is 285 g/mol. The summed E-state index contributed by atoms with van der Waals surface area (Å²) in [6, 6.07) is 4.81. The molecule has 0 bridgehead atoms. The fraction of sp³-hybridized carbons (Fsp3) is 0.538. The summed E-state index contributed by atoms with van der Waals surface area (Å²) in [7, 11) is -0.346. The van der Waals surface area contributed by atoms with Crippen LogP contribution in [0.5, 0.6) is 11.5 Å². The maximum atomic E-state index is 12.4. The molecule has 0 saturated heterocycles. The summed E-state index contributed by atoms with van der Waals surface area (Å²) in [5.41, 5.74) is 0. The van der Waals surface area contributed by atoms with Crippen LogP contribution >= 0.6 is 0 Å². The van der Waals surface area contributed by atoms with Crippen LogP contribution in [0, 0.1) is 0 Å². The number of fused-ring (bicyclic) bond motifs is 1. The van der Waals surface area contributed by atoms with Crippen LogP contribution in [0.25, 0.3) is 0 Å². The van der Waals surface area contributed by atoms with Crippen molar-refractivity contribution in [1.82, 2.24) is 4.31 Å². The van der Waals surface area contributed by atoms with Gasteiger partial charge in [0.05, 0.1) is 13.7 Å². The van der Waals surface area contributed by atoms with Crippen LogP contribution in [0.3, 0.4) is 0 Å². The van der Waals surface area contributed by atoms with Crippen molar-refractivity contribution >= 4 is 10.0 Å². The Balaban J connectivity index is 2.48. The topological polar surface area (TPSA) is 55.8 Å². The first kappa shape index (κ1) is 14.1. The molecule has 0 spiro atoms. The highest BCUT2D eigenvalue weighted by atomic mass is 32.2. The smallest absolute Gasteiger partial charge is 0.246 e. The van der Waals surface area contributed by atoms with Gasteiger partial charge >= 0.3 is 0 Å². The van der Waals surface area contributed by atoms with E-state index in [-0.39, 0.29) is 4.90 Å². The minimum atomic E-state index is -3.49. The summed E-state index contributed by atoms with van der Waals surface area (Å²) < 4.78 is 37.0. The van der Waals surface area contributed by atoms with Gasteiger partial charge in [0.2, 0.25) is 10.0 Å². The molecule has 1 heterocycles. The van der Waals surface area contributed by atoms with Gasteiger partial charge in [-0.15, -0.1) is 0 Å². The first-order valence-corrected chi connectivity index (χ1v) is 7.77. The molecule has 0 radical (unpaired) electrons. The van der Waals surface area contributed by atoms with E-state index in [4.69, 9.17) is 9.47 Å². The van der Waals surface area contributed by atoms with Crippen molar-refractivity contribution in [3.05, 3.63) is 18.2 Å². The SMILES string of the molecule is COc1ccc2c(c1)OCCCCCN(C)S2(=O)=O. The van der Waals surface area contributed by atoms with E-state index in [2.05, 4.69) is 0 Å². The van der Waals surface area contributed by atoms with Gasteiger partial charge in [0.15, 0.2) is 0 Å². The Morgan fingerprint density at radius 3 is 2.79 bits per heavy atom. The Kier molecular flexibility index (Phi) is 4.31. The third-order valence-corrected chi connectivity index (χ3v) is 5.11. The van der Waals surface area contributed by atoms with Crippen LogP contribution in [0.4, 0.5) is 0 Å². The molecule has 1 aliphatic heterocycles. The fourth-order valence-corrected chi connectivity index (χ4v) is 3.34. The third-order valence-electron chi connectivity index (χ3n) is 3.21. The summed E-state index contributed by atoms with van der Waals surface area (Å²) in [5.74, 6) is 0.960. The molecule has 1 aromatic rings. The van der Waals surface area contributed by atoms with Crippen molar-refractivity contribution in [2.24, 2.45) is 0 Å². The van der Waals surface area contributed by atoms with Gasteiger partial charge in [0.1, 0.15) is 16.4 Å². The van der Waals surface area contributed by atoms with Crippen molar-refractivity contribution < 1.29 is 17.9 Å². The van der Waals surface area contributed by atoms with Gasteiger partial charge in [-0.2, -0.15) is 0 Å². The number of benzene rings is 1. The van der Waals surface area contributed by atoms with Crippen LogP contribution in [-0.4, -0.2) is 40.0 Å². The molecule has 0 aliphatic carbocycles. The van der Waals surface area contributed by atoms with Crippen LogP contribution in [-0.2, 0) is 10.0 Å². The lowest BCUT2D eigenvalue weighted by Gasteiger charge is -2.21. The van der Waals surface area contributed by atoms with Crippen LogP contribution < -0.4 is 9.47 Å². The molecule has 2 rings (SSSR count). The maximum absolute atomic E-state index is 12.4. The zero-order valence-electron chi connectivity index (χ0n) is 11.3. The lowest BCUT2D eigenvalue weighted by atomic mass is 10.2. The molecule has 0 saturated carbocycles. The molecule has 0 N–H and O–H groups in total. The van der Waals surface area contributed by atoms with Crippen molar-refractivity contribution in [3.63, 3.8) is 0 Å². The van der Waals surface area contributed by atoms with Gasteiger partial charge in [-0.1, -0.05) is 0 Å². The highest BCUT2D eigenvalue weighted by Crippen LogP contribution is 2.31. The molecule has 19 heavy (non-hydrogen) atoms. The van der Waals surface area contributed by atoms with E-state index < -0.39 is 10.0 Å². The van der Waals surface area contributed by atoms with E-state index in [1.165, 1.54) is 4.31 Å². The standard InChI is InChI=1S/C13H19NO4S/c1-14-8-4-3-5-9-18-12-10-11(17-2)6-7-13(12)19(14,15)16/h6-7,10H,3-5,8-9H2,1-2H3. The van der Waals surface area contributed by atoms with Crippen LogP contribution in [0.15, 0.2) is 23.1 Å². The quantitative estimate of drug-likeness (QED) is 0.790. The fourth-order valence-electron chi connectivity index (χ4n) is 2.02. The minimum absolute atomic E-state index is 0.206. The number of nitrogens with zero attached hydrogens (tertiary/aromatic N) is 1. The van der Waals surface area contributed by atoms with Crippen LogP contribution in [0.2, 0.25) is 0 Å². The van der Waals surface area contributed by atoms with Crippen molar-refractivity contribution in [2.45, 2.75) is 24.2 Å². The van der Waals surface area contributed by atoms with Gasteiger partial charge in [0.25, 0.3) is 0 Å². The molecule has 0 unspecified atom stereocenters. The summed E-state index contributed by atoms with van der Waals surface area (Å²) in [5, 5.41) is 0. The Hall–Kier alpha value is -1.27. The van der Waals surface area contributed by atoms with Crippen molar-refractivity contribution in [1.29, 1.82) is 0 Å². The largest absolute Gasteiger partial charge is 0.497 e. The Morgan fingerprint density at radius 1 is 1.26 bits per heavy atom. The molecule has 1 aromatic carbocycles. The second kappa shape index (κ2) is 5.79. The maximum Gasteiger partial charge on any atom is 0.246 e.